The Hall–Kier alpha value is 0.140. The highest BCUT2D eigenvalue weighted by atomic mass is 79.9. The van der Waals surface area contributed by atoms with E-state index in [2.05, 4.69) is 41.9 Å². The molecule has 0 N–H and O–H groups in total. The number of ether oxygens (including phenoxy) is 2. The molecular formula is C21H31BrO2. The topological polar surface area (TPSA) is 18.5 Å². The van der Waals surface area contributed by atoms with Gasteiger partial charge in [-0.3, -0.25) is 0 Å². The molecule has 0 aromatic rings. The molecule has 7 atom stereocenters. The third-order valence-electron chi connectivity index (χ3n) is 8.99. The van der Waals surface area contributed by atoms with E-state index in [0.29, 0.717) is 10.2 Å². The van der Waals surface area contributed by atoms with E-state index in [4.69, 9.17) is 9.47 Å². The molecule has 0 radical (unpaired) electrons. The monoisotopic (exact) mass is 394 g/mol. The highest BCUT2D eigenvalue weighted by Crippen LogP contribution is 2.70. The molecule has 3 saturated carbocycles. The number of hydrogen-bond donors (Lipinski definition) is 0. The van der Waals surface area contributed by atoms with Gasteiger partial charge < -0.3 is 9.47 Å². The number of alkyl halides is 1. The predicted molar refractivity (Wildman–Crippen MR) is 99.0 cm³/mol. The molecule has 0 bridgehead atoms. The van der Waals surface area contributed by atoms with E-state index in [0.717, 1.165) is 36.9 Å². The molecule has 4 fully saturated rings. The van der Waals surface area contributed by atoms with Gasteiger partial charge in [-0.15, -0.1) is 0 Å². The Morgan fingerprint density at radius 3 is 2.58 bits per heavy atom. The van der Waals surface area contributed by atoms with Gasteiger partial charge in [0.25, 0.3) is 0 Å². The Bertz CT molecular complexity index is 554. The first kappa shape index (κ1) is 16.3. The maximum atomic E-state index is 6.32. The molecule has 1 heterocycles. The molecule has 24 heavy (non-hydrogen) atoms. The first-order valence-electron chi connectivity index (χ1n) is 10.1. The van der Waals surface area contributed by atoms with Crippen LogP contribution in [0.1, 0.15) is 58.8 Å². The number of halogens is 1. The summed E-state index contributed by atoms with van der Waals surface area (Å²) in [6.07, 6.45) is 14.3. The van der Waals surface area contributed by atoms with Crippen LogP contribution in [0.4, 0.5) is 0 Å². The molecule has 1 saturated heterocycles. The van der Waals surface area contributed by atoms with Crippen molar-refractivity contribution in [2.75, 3.05) is 13.2 Å². The SMILES string of the molecule is C[C@]12CC=CC[C@@H]1CC[C@@H]1[C@H]2CC[C@@]2(C)[C@H]1C[C@@H](Br)C21OCCO1. The maximum Gasteiger partial charge on any atom is 0.186 e. The smallest absolute Gasteiger partial charge is 0.186 e. The Balaban J connectivity index is 1.51. The molecule has 4 aliphatic carbocycles. The predicted octanol–water partition coefficient (Wildman–Crippen LogP) is 5.31. The van der Waals surface area contributed by atoms with Crippen LogP contribution in [-0.2, 0) is 9.47 Å². The lowest BCUT2D eigenvalue weighted by atomic mass is 9.45. The standard InChI is InChI=1S/C21H31BrO2/c1-19-9-4-3-5-14(19)6-7-15-16(19)8-10-20(2)17(15)13-18(22)21(20)23-11-12-24-21/h3-4,14-18H,5-13H2,1-2H3/t14-,15-,16-,17+,18-,19+,20+/m1/s1. The number of rotatable bonds is 0. The van der Waals surface area contributed by atoms with Crippen molar-refractivity contribution in [3.05, 3.63) is 12.2 Å². The normalized spacial score (nSPS) is 55.2. The molecule has 1 aliphatic heterocycles. The summed E-state index contributed by atoms with van der Waals surface area (Å²) >= 11 is 3.99. The van der Waals surface area contributed by atoms with E-state index in [1.807, 2.05) is 0 Å². The summed E-state index contributed by atoms with van der Waals surface area (Å²) in [5, 5.41) is 0. The second kappa shape index (κ2) is 5.33. The highest BCUT2D eigenvalue weighted by molar-refractivity contribution is 9.09. The van der Waals surface area contributed by atoms with Crippen LogP contribution in [0, 0.1) is 34.5 Å². The van der Waals surface area contributed by atoms with Gasteiger partial charge in [0.1, 0.15) is 0 Å². The van der Waals surface area contributed by atoms with Crippen LogP contribution >= 0.6 is 15.9 Å². The Morgan fingerprint density at radius 1 is 1.00 bits per heavy atom. The minimum Gasteiger partial charge on any atom is -0.346 e. The summed E-state index contributed by atoms with van der Waals surface area (Å²) < 4.78 is 12.6. The summed E-state index contributed by atoms with van der Waals surface area (Å²) in [7, 11) is 0. The first-order chi connectivity index (χ1) is 11.5. The fraction of sp³-hybridized carbons (Fsp3) is 0.905. The molecule has 1 spiro atoms. The van der Waals surface area contributed by atoms with Crippen molar-refractivity contribution in [3.63, 3.8) is 0 Å². The zero-order valence-corrected chi connectivity index (χ0v) is 16.7. The van der Waals surface area contributed by atoms with Gasteiger partial charge in [-0.1, -0.05) is 41.9 Å². The first-order valence-corrected chi connectivity index (χ1v) is 11.0. The van der Waals surface area contributed by atoms with Crippen LogP contribution < -0.4 is 0 Å². The zero-order chi connectivity index (χ0) is 16.6. The summed E-state index contributed by atoms with van der Waals surface area (Å²) in [5.74, 6) is 3.08. The largest absolute Gasteiger partial charge is 0.346 e. The quantitative estimate of drug-likeness (QED) is 0.409. The van der Waals surface area contributed by atoms with Crippen LogP contribution in [0.15, 0.2) is 12.2 Å². The zero-order valence-electron chi connectivity index (χ0n) is 15.1. The van der Waals surface area contributed by atoms with Crippen LogP contribution in [0.2, 0.25) is 0 Å². The summed E-state index contributed by atoms with van der Waals surface area (Å²) in [4.78, 5) is 0.359. The van der Waals surface area contributed by atoms with Crippen LogP contribution in [0.5, 0.6) is 0 Å². The minimum absolute atomic E-state index is 0.187. The molecule has 5 aliphatic rings. The molecule has 134 valence electrons. The van der Waals surface area contributed by atoms with E-state index in [9.17, 15) is 0 Å². The van der Waals surface area contributed by atoms with E-state index in [-0.39, 0.29) is 11.2 Å². The Labute approximate surface area is 154 Å². The highest BCUT2D eigenvalue weighted by Gasteiger charge is 2.70. The molecule has 0 unspecified atom stereocenters. The molecular weight excluding hydrogens is 364 g/mol. The Morgan fingerprint density at radius 2 is 1.79 bits per heavy atom. The van der Waals surface area contributed by atoms with Gasteiger partial charge in [0.05, 0.1) is 18.0 Å². The molecule has 0 amide bonds. The number of hydrogen-bond acceptors (Lipinski definition) is 2. The molecule has 3 heteroatoms. The third kappa shape index (κ3) is 1.85. The van der Waals surface area contributed by atoms with Crippen molar-refractivity contribution < 1.29 is 9.47 Å². The number of allylic oxidation sites excluding steroid dienone is 2. The Kier molecular flexibility index (Phi) is 3.62. The molecule has 0 aromatic heterocycles. The second-order valence-electron chi connectivity index (χ2n) is 9.59. The van der Waals surface area contributed by atoms with E-state index in [1.54, 1.807) is 0 Å². The second-order valence-corrected chi connectivity index (χ2v) is 10.7. The van der Waals surface area contributed by atoms with Crippen molar-refractivity contribution in [1.29, 1.82) is 0 Å². The van der Waals surface area contributed by atoms with Gasteiger partial charge in [-0.05, 0) is 74.0 Å². The molecule has 0 aromatic carbocycles. The van der Waals surface area contributed by atoms with Gasteiger partial charge in [-0.2, -0.15) is 0 Å². The lowest BCUT2D eigenvalue weighted by molar-refractivity contribution is -0.243. The number of fused-ring (bicyclic) bond motifs is 6. The van der Waals surface area contributed by atoms with Crippen molar-refractivity contribution in [2.45, 2.75) is 69.4 Å². The van der Waals surface area contributed by atoms with E-state index < -0.39 is 0 Å². The van der Waals surface area contributed by atoms with Crippen LogP contribution in [0.3, 0.4) is 0 Å². The summed E-state index contributed by atoms with van der Waals surface area (Å²) in [6, 6.07) is 0. The summed E-state index contributed by atoms with van der Waals surface area (Å²) in [6.45, 7) is 6.63. The molecule has 2 nitrogen and oxygen atoms in total. The van der Waals surface area contributed by atoms with Crippen LogP contribution in [0.25, 0.3) is 0 Å². The van der Waals surface area contributed by atoms with Crippen molar-refractivity contribution in [1.82, 2.24) is 0 Å². The van der Waals surface area contributed by atoms with Crippen molar-refractivity contribution in [3.8, 4) is 0 Å². The van der Waals surface area contributed by atoms with Crippen LogP contribution in [-0.4, -0.2) is 23.8 Å². The van der Waals surface area contributed by atoms with Gasteiger partial charge in [0.2, 0.25) is 0 Å². The lowest BCUT2D eigenvalue weighted by Crippen LogP contribution is -2.57. The van der Waals surface area contributed by atoms with Gasteiger partial charge in [0, 0.05) is 5.41 Å². The fourth-order valence-electron chi connectivity index (χ4n) is 7.70. The molecule has 5 rings (SSSR count). The lowest BCUT2D eigenvalue weighted by Gasteiger charge is -2.60. The maximum absolute atomic E-state index is 6.32. The van der Waals surface area contributed by atoms with E-state index in [1.165, 1.54) is 44.9 Å². The van der Waals surface area contributed by atoms with Crippen molar-refractivity contribution in [2.24, 2.45) is 34.5 Å². The van der Waals surface area contributed by atoms with Gasteiger partial charge in [-0.25, -0.2) is 0 Å². The summed E-state index contributed by atoms with van der Waals surface area (Å²) in [5.41, 5.74) is 0.723. The fourth-order valence-corrected chi connectivity index (χ4v) is 8.89. The van der Waals surface area contributed by atoms with Gasteiger partial charge >= 0.3 is 0 Å². The van der Waals surface area contributed by atoms with E-state index >= 15 is 0 Å². The minimum atomic E-state index is -0.354. The average Bonchev–Trinajstić information content (AvgIpc) is 3.15. The van der Waals surface area contributed by atoms with Gasteiger partial charge in [0.15, 0.2) is 5.79 Å². The third-order valence-corrected chi connectivity index (χ3v) is 9.96. The van der Waals surface area contributed by atoms with Crippen molar-refractivity contribution >= 4 is 15.9 Å². The average molecular weight is 395 g/mol.